The second-order valence-corrected chi connectivity index (χ2v) is 6.44. The van der Waals surface area contributed by atoms with Crippen molar-refractivity contribution in [3.8, 4) is 6.07 Å². The summed E-state index contributed by atoms with van der Waals surface area (Å²) >= 11 is 0. The van der Waals surface area contributed by atoms with Crippen LogP contribution in [0.3, 0.4) is 0 Å². The van der Waals surface area contributed by atoms with Gasteiger partial charge in [0.15, 0.2) is 6.10 Å². The molecule has 3 rings (SSSR count). The van der Waals surface area contributed by atoms with Crippen molar-refractivity contribution in [1.29, 1.82) is 5.26 Å². The highest BCUT2D eigenvalue weighted by Crippen LogP contribution is 2.41. The zero-order valence-corrected chi connectivity index (χ0v) is 15.7. The molecule has 2 nitrogen and oxygen atoms in total. The quantitative estimate of drug-likeness (QED) is 0.411. The number of benzene rings is 3. The minimum Gasteiger partial charge on any atom is -0.338 e. The second kappa shape index (κ2) is 8.49. The van der Waals surface area contributed by atoms with E-state index in [1.807, 2.05) is 74.5 Å². The number of hydrogen-bond acceptors (Lipinski definition) is 2. The molecule has 0 N–H and O–H groups in total. The van der Waals surface area contributed by atoms with E-state index in [1.54, 1.807) is 0 Å². The Morgan fingerprint density at radius 1 is 0.815 bits per heavy atom. The summed E-state index contributed by atoms with van der Waals surface area (Å²) in [5.74, 6) is 0. The van der Waals surface area contributed by atoms with Gasteiger partial charge in [0.1, 0.15) is 5.60 Å². The Labute approximate surface area is 161 Å². The first-order chi connectivity index (χ1) is 13.2. The molecule has 0 amide bonds. The standard InChI is InChI=1S/C25H23NO/c1-3-20(2)24(19-26)27-25(21-13-7-4-8-14-21,22-15-9-5-10-16-22)23-17-11-6-12-18-23/h3-18,24H,1-2H3/b20-3+. The van der Waals surface area contributed by atoms with Gasteiger partial charge in [-0.3, -0.25) is 0 Å². The summed E-state index contributed by atoms with van der Waals surface area (Å²) in [5.41, 5.74) is 2.99. The van der Waals surface area contributed by atoms with E-state index in [4.69, 9.17) is 4.74 Å². The second-order valence-electron chi connectivity index (χ2n) is 6.44. The Morgan fingerprint density at radius 2 is 1.19 bits per heavy atom. The highest BCUT2D eigenvalue weighted by molar-refractivity contribution is 5.48. The molecule has 134 valence electrons. The summed E-state index contributed by atoms with van der Waals surface area (Å²) < 4.78 is 6.67. The van der Waals surface area contributed by atoms with E-state index in [2.05, 4.69) is 42.5 Å². The summed E-state index contributed by atoms with van der Waals surface area (Å²) in [4.78, 5) is 0. The first-order valence-electron chi connectivity index (χ1n) is 9.09. The van der Waals surface area contributed by atoms with Crippen LogP contribution in [0.4, 0.5) is 0 Å². The van der Waals surface area contributed by atoms with Crippen molar-refractivity contribution in [3.63, 3.8) is 0 Å². The van der Waals surface area contributed by atoms with Crippen LogP contribution in [0.2, 0.25) is 0 Å². The van der Waals surface area contributed by atoms with Crippen molar-refractivity contribution >= 4 is 0 Å². The number of allylic oxidation sites excluding steroid dienone is 1. The van der Waals surface area contributed by atoms with Gasteiger partial charge in [-0.25, -0.2) is 0 Å². The number of nitrogens with zero attached hydrogens (tertiary/aromatic N) is 1. The van der Waals surface area contributed by atoms with Crippen molar-refractivity contribution < 1.29 is 4.74 Å². The first-order valence-corrected chi connectivity index (χ1v) is 9.09. The fourth-order valence-corrected chi connectivity index (χ4v) is 3.27. The van der Waals surface area contributed by atoms with Gasteiger partial charge in [-0.1, -0.05) is 97.1 Å². The maximum atomic E-state index is 9.82. The maximum absolute atomic E-state index is 9.82. The fourth-order valence-electron chi connectivity index (χ4n) is 3.27. The molecule has 3 aromatic carbocycles. The monoisotopic (exact) mass is 353 g/mol. The Bertz CT molecular complexity index is 828. The van der Waals surface area contributed by atoms with Gasteiger partial charge >= 0.3 is 0 Å². The van der Waals surface area contributed by atoms with E-state index in [-0.39, 0.29) is 0 Å². The third-order valence-electron chi connectivity index (χ3n) is 4.82. The zero-order valence-electron chi connectivity index (χ0n) is 15.7. The Morgan fingerprint density at radius 3 is 1.48 bits per heavy atom. The molecule has 0 spiro atoms. The van der Waals surface area contributed by atoms with Gasteiger partial charge in [0.05, 0.1) is 6.07 Å². The van der Waals surface area contributed by atoms with Gasteiger partial charge in [0.2, 0.25) is 0 Å². The molecule has 0 aliphatic rings. The van der Waals surface area contributed by atoms with Crippen molar-refractivity contribution in [1.82, 2.24) is 0 Å². The van der Waals surface area contributed by atoms with Crippen molar-refractivity contribution in [2.45, 2.75) is 25.6 Å². The molecule has 0 bridgehead atoms. The largest absolute Gasteiger partial charge is 0.338 e. The highest BCUT2D eigenvalue weighted by atomic mass is 16.5. The Kier molecular flexibility index (Phi) is 5.86. The van der Waals surface area contributed by atoms with Crippen LogP contribution < -0.4 is 0 Å². The third kappa shape index (κ3) is 3.69. The van der Waals surface area contributed by atoms with Crippen molar-refractivity contribution in [3.05, 3.63) is 119 Å². The number of nitriles is 1. The Balaban J connectivity index is 2.31. The van der Waals surface area contributed by atoms with Gasteiger partial charge in [0.25, 0.3) is 0 Å². The average molecular weight is 353 g/mol. The van der Waals surface area contributed by atoms with E-state index in [0.717, 1.165) is 22.3 Å². The zero-order chi connectivity index (χ0) is 19.1. The minimum absolute atomic E-state index is 0.657. The lowest BCUT2D eigenvalue weighted by molar-refractivity contribution is -0.00473. The predicted molar refractivity (Wildman–Crippen MR) is 109 cm³/mol. The van der Waals surface area contributed by atoms with E-state index in [9.17, 15) is 5.26 Å². The van der Waals surface area contributed by atoms with Crippen molar-refractivity contribution in [2.24, 2.45) is 0 Å². The van der Waals surface area contributed by atoms with E-state index in [0.29, 0.717) is 0 Å². The van der Waals surface area contributed by atoms with E-state index < -0.39 is 11.7 Å². The average Bonchev–Trinajstić information content (AvgIpc) is 2.76. The van der Waals surface area contributed by atoms with Crippen LogP contribution in [0.15, 0.2) is 103 Å². The lowest BCUT2D eigenvalue weighted by Crippen LogP contribution is -2.37. The summed E-state index contributed by atoms with van der Waals surface area (Å²) in [6.45, 7) is 3.86. The van der Waals surface area contributed by atoms with Crippen LogP contribution in [0.5, 0.6) is 0 Å². The molecule has 0 aliphatic heterocycles. The van der Waals surface area contributed by atoms with Gasteiger partial charge in [-0.05, 0) is 36.1 Å². The smallest absolute Gasteiger partial charge is 0.166 e. The Hall–Kier alpha value is -3.15. The van der Waals surface area contributed by atoms with Crippen molar-refractivity contribution in [2.75, 3.05) is 0 Å². The fraction of sp³-hybridized carbons (Fsp3) is 0.160. The van der Waals surface area contributed by atoms with Crippen LogP contribution in [0.25, 0.3) is 0 Å². The first kappa shape index (κ1) is 18.6. The topological polar surface area (TPSA) is 33.0 Å². The van der Waals surface area contributed by atoms with Gasteiger partial charge in [-0.2, -0.15) is 5.26 Å². The normalized spacial score (nSPS) is 13.0. The summed E-state index contributed by atoms with van der Waals surface area (Å²) in [6, 6.07) is 32.6. The summed E-state index contributed by atoms with van der Waals surface area (Å²) in [6.07, 6.45) is 1.27. The molecule has 1 atom stereocenters. The van der Waals surface area contributed by atoms with Crippen LogP contribution in [-0.2, 0) is 10.3 Å². The lowest BCUT2D eigenvalue weighted by atomic mass is 9.79. The van der Waals surface area contributed by atoms with Crippen LogP contribution in [0.1, 0.15) is 30.5 Å². The molecule has 0 aliphatic carbocycles. The van der Waals surface area contributed by atoms with Gasteiger partial charge in [0, 0.05) is 0 Å². The molecule has 1 unspecified atom stereocenters. The maximum Gasteiger partial charge on any atom is 0.166 e. The predicted octanol–water partition coefficient (Wildman–Crippen LogP) is 5.85. The molecule has 0 radical (unpaired) electrons. The molecule has 27 heavy (non-hydrogen) atoms. The van der Waals surface area contributed by atoms with Gasteiger partial charge in [-0.15, -0.1) is 0 Å². The summed E-state index contributed by atoms with van der Waals surface area (Å²) in [5, 5.41) is 9.82. The van der Waals surface area contributed by atoms with Gasteiger partial charge < -0.3 is 4.74 Å². The van der Waals surface area contributed by atoms with Crippen LogP contribution >= 0.6 is 0 Å². The number of hydrogen-bond donors (Lipinski definition) is 0. The summed E-state index contributed by atoms with van der Waals surface area (Å²) in [7, 11) is 0. The molecule has 2 heteroatoms. The number of rotatable bonds is 6. The minimum atomic E-state index is -0.881. The SMILES string of the molecule is C/C=C(\C)C(C#N)OC(c1ccccc1)(c1ccccc1)c1ccccc1. The molecule has 0 fully saturated rings. The molecule has 0 saturated carbocycles. The molecular formula is C25H23NO. The molecule has 3 aromatic rings. The van der Waals surface area contributed by atoms with E-state index in [1.165, 1.54) is 0 Å². The molecule has 0 aromatic heterocycles. The molecule has 0 heterocycles. The van der Waals surface area contributed by atoms with Crippen LogP contribution in [0, 0.1) is 11.3 Å². The molecular weight excluding hydrogens is 330 g/mol. The molecule has 0 saturated heterocycles. The van der Waals surface area contributed by atoms with E-state index >= 15 is 0 Å². The highest BCUT2D eigenvalue weighted by Gasteiger charge is 2.40. The lowest BCUT2D eigenvalue weighted by Gasteiger charge is -2.37. The third-order valence-corrected chi connectivity index (χ3v) is 4.82. The number of ether oxygens (including phenoxy) is 1. The van der Waals surface area contributed by atoms with Crippen LogP contribution in [-0.4, -0.2) is 6.10 Å².